The van der Waals surface area contributed by atoms with Crippen LogP contribution in [0.2, 0.25) is 5.02 Å². The molecule has 3 nitrogen and oxygen atoms in total. The van der Waals surface area contributed by atoms with Crippen LogP contribution in [0.1, 0.15) is 16.8 Å². The first-order valence-electron chi connectivity index (χ1n) is 5.08. The number of nitrogens with zero attached hydrogens (tertiary/aromatic N) is 1. The van der Waals surface area contributed by atoms with Crippen LogP contribution in [0.3, 0.4) is 0 Å². The Balaban J connectivity index is 0.00000144. The number of hydrogen-bond acceptors (Lipinski definition) is 2. The van der Waals surface area contributed by atoms with Gasteiger partial charge in [-0.25, -0.2) is 4.39 Å². The number of halogens is 3. The number of benzene rings is 1. The van der Waals surface area contributed by atoms with Crippen molar-refractivity contribution >= 4 is 29.9 Å². The van der Waals surface area contributed by atoms with Gasteiger partial charge in [-0.2, -0.15) is 0 Å². The van der Waals surface area contributed by atoms with E-state index in [4.69, 9.17) is 17.3 Å². The standard InChI is InChI=1S/C11H12ClFN2O.ClH/c12-7-1-2-10(13)9(5-7)11(16)15-4-3-8(14)6-15;/h1-2,5,8H,3-4,6,14H2;1H/t8-;/m1./s1. The molecule has 2 rings (SSSR count). The van der Waals surface area contributed by atoms with Gasteiger partial charge in [0, 0.05) is 24.2 Å². The van der Waals surface area contributed by atoms with Gasteiger partial charge < -0.3 is 10.6 Å². The number of nitrogens with two attached hydrogens (primary N) is 1. The second kappa shape index (κ2) is 5.67. The third-order valence-electron chi connectivity index (χ3n) is 2.67. The lowest BCUT2D eigenvalue weighted by Crippen LogP contribution is -2.32. The van der Waals surface area contributed by atoms with Crippen LogP contribution in [0.25, 0.3) is 0 Å². The molecule has 0 aliphatic carbocycles. The highest BCUT2D eigenvalue weighted by molar-refractivity contribution is 6.31. The van der Waals surface area contributed by atoms with Crippen molar-refractivity contribution in [3.05, 3.63) is 34.6 Å². The molecule has 1 aliphatic heterocycles. The number of carbonyl (C=O) groups excluding carboxylic acids is 1. The van der Waals surface area contributed by atoms with Crippen molar-refractivity contribution in [3.63, 3.8) is 0 Å². The topological polar surface area (TPSA) is 46.3 Å². The van der Waals surface area contributed by atoms with Crippen molar-refractivity contribution in [1.82, 2.24) is 4.90 Å². The number of likely N-dealkylation sites (tertiary alicyclic amines) is 1. The van der Waals surface area contributed by atoms with Crippen LogP contribution >= 0.6 is 24.0 Å². The van der Waals surface area contributed by atoms with E-state index in [1.54, 1.807) is 4.90 Å². The van der Waals surface area contributed by atoms with Crippen LogP contribution in [0.15, 0.2) is 18.2 Å². The first kappa shape index (κ1) is 14.2. The quantitative estimate of drug-likeness (QED) is 0.855. The smallest absolute Gasteiger partial charge is 0.256 e. The molecule has 0 bridgehead atoms. The summed E-state index contributed by atoms with van der Waals surface area (Å²) < 4.78 is 13.4. The third-order valence-corrected chi connectivity index (χ3v) is 2.91. The van der Waals surface area contributed by atoms with E-state index in [1.165, 1.54) is 18.2 Å². The highest BCUT2D eigenvalue weighted by Gasteiger charge is 2.26. The van der Waals surface area contributed by atoms with E-state index in [0.29, 0.717) is 18.1 Å². The zero-order chi connectivity index (χ0) is 11.7. The van der Waals surface area contributed by atoms with Gasteiger partial charge in [-0.05, 0) is 24.6 Å². The van der Waals surface area contributed by atoms with Gasteiger partial charge in [0.2, 0.25) is 0 Å². The lowest BCUT2D eigenvalue weighted by molar-refractivity contribution is 0.0786. The minimum atomic E-state index is -0.546. The molecule has 1 aromatic rings. The van der Waals surface area contributed by atoms with Crippen molar-refractivity contribution in [2.24, 2.45) is 5.73 Å². The Bertz CT molecular complexity index is 428. The van der Waals surface area contributed by atoms with Crippen molar-refractivity contribution in [2.75, 3.05) is 13.1 Å². The van der Waals surface area contributed by atoms with Crippen molar-refractivity contribution in [2.45, 2.75) is 12.5 Å². The van der Waals surface area contributed by atoms with Crippen LogP contribution in [0, 0.1) is 5.82 Å². The van der Waals surface area contributed by atoms with Gasteiger partial charge in [-0.1, -0.05) is 11.6 Å². The molecule has 94 valence electrons. The summed E-state index contributed by atoms with van der Waals surface area (Å²) in [7, 11) is 0. The van der Waals surface area contributed by atoms with E-state index in [0.717, 1.165) is 6.42 Å². The summed E-state index contributed by atoms with van der Waals surface area (Å²) in [5.41, 5.74) is 5.71. The van der Waals surface area contributed by atoms with Gasteiger partial charge in [0.25, 0.3) is 5.91 Å². The van der Waals surface area contributed by atoms with Crippen molar-refractivity contribution < 1.29 is 9.18 Å². The predicted octanol–water partition coefficient (Wildman–Crippen LogP) is 2.07. The molecule has 0 aromatic heterocycles. The number of amides is 1. The van der Waals surface area contributed by atoms with Crippen LogP contribution in [0.5, 0.6) is 0 Å². The molecule has 1 heterocycles. The second-order valence-corrected chi connectivity index (χ2v) is 4.36. The number of hydrogen-bond donors (Lipinski definition) is 1. The number of carbonyl (C=O) groups is 1. The second-order valence-electron chi connectivity index (χ2n) is 3.92. The first-order chi connectivity index (χ1) is 7.58. The van der Waals surface area contributed by atoms with Crippen molar-refractivity contribution in [3.8, 4) is 0 Å². The largest absolute Gasteiger partial charge is 0.337 e. The van der Waals surface area contributed by atoms with Gasteiger partial charge in [-0.3, -0.25) is 4.79 Å². The zero-order valence-corrected chi connectivity index (χ0v) is 10.6. The van der Waals surface area contributed by atoms with Gasteiger partial charge in [0.05, 0.1) is 5.56 Å². The molecule has 0 unspecified atom stereocenters. The fourth-order valence-corrected chi connectivity index (χ4v) is 1.98. The minimum Gasteiger partial charge on any atom is -0.337 e. The van der Waals surface area contributed by atoms with Gasteiger partial charge in [0.1, 0.15) is 5.82 Å². The zero-order valence-electron chi connectivity index (χ0n) is 9.03. The van der Waals surface area contributed by atoms with Crippen molar-refractivity contribution in [1.29, 1.82) is 0 Å². The fraction of sp³-hybridized carbons (Fsp3) is 0.364. The molecule has 0 saturated carbocycles. The Kier molecular flexibility index (Phi) is 4.74. The third kappa shape index (κ3) is 3.09. The molecule has 1 amide bonds. The van der Waals surface area contributed by atoms with E-state index in [-0.39, 0.29) is 29.9 Å². The highest BCUT2D eigenvalue weighted by Crippen LogP contribution is 2.18. The van der Waals surface area contributed by atoms with Crippen LogP contribution < -0.4 is 5.73 Å². The summed E-state index contributed by atoms with van der Waals surface area (Å²) in [6, 6.07) is 3.96. The van der Waals surface area contributed by atoms with Gasteiger partial charge in [-0.15, -0.1) is 12.4 Å². The maximum absolute atomic E-state index is 13.4. The van der Waals surface area contributed by atoms with Gasteiger partial charge in [0.15, 0.2) is 0 Å². The maximum atomic E-state index is 13.4. The monoisotopic (exact) mass is 278 g/mol. The summed E-state index contributed by atoms with van der Waals surface area (Å²) in [4.78, 5) is 13.5. The SMILES string of the molecule is Cl.N[C@@H]1CCN(C(=O)c2cc(Cl)ccc2F)C1. The molecule has 0 spiro atoms. The molecule has 1 aliphatic rings. The average Bonchev–Trinajstić information content (AvgIpc) is 2.67. The average molecular weight is 279 g/mol. The summed E-state index contributed by atoms with van der Waals surface area (Å²) in [6.07, 6.45) is 0.758. The lowest BCUT2D eigenvalue weighted by Gasteiger charge is -2.16. The van der Waals surface area contributed by atoms with Gasteiger partial charge >= 0.3 is 0 Å². The molecule has 1 fully saturated rings. The minimum absolute atomic E-state index is 0. The van der Waals surface area contributed by atoms with E-state index < -0.39 is 5.82 Å². The molecule has 0 radical (unpaired) electrons. The molecular formula is C11H13Cl2FN2O. The van der Waals surface area contributed by atoms with Crippen LogP contribution in [0.4, 0.5) is 4.39 Å². The lowest BCUT2D eigenvalue weighted by atomic mass is 10.2. The summed E-state index contributed by atoms with van der Waals surface area (Å²) in [6.45, 7) is 1.05. The Morgan fingerprint density at radius 1 is 1.53 bits per heavy atom. The first-order valence-corrected chi connectivity index (χ1v) is 5.45. The normalized spacial score (nSPS) is 19.0. The Hall–Kier alpha value is -0.840. The molecule has 17 heavy (non-hydrogen) atoms. The van der Waals surface area contributed by atoms with Crippen LogP contribution in [-0.2, 0) is 0 Å². The van der Waals surface area contributed by atoms with E-state index in [2.05, 4.69) is 0 Å². The molecule has 2 N–H and O–H groups in total. The maximum Gasteiger partial charge on any atom is 0.256 e. The Labute approximate surface area is 110 Å². The Morgan fingerprint density at radius 3 is 2.82 bits per heavy atom. The predicted molar refractivity (Wildman–Crippen MR) is 67.2 cm³/mol. The van der Waals surface area contributed by atoms with Crippen LogP contribution in [-0.4, -0.2) is 29.9 Å². The molecule has 1 aromatic carbocycles. The Morgan fingerprint density at radius 2 is 2.24 bits per heavy atom. The molecule has 1 saturated heterocycles. The van der Waals surface area contributed by atoms with E-state index >= 15 is 0 Å². The van der Waals surface area contributed by atoms with E-state index in [9.17, 15) is 9.18 Å². The number of rotatable bonds is 1. The summed E-state index contributed by atoms with van der Waals surface area (Å²) >= 11 is 5.73. The highest BCUT2D eigenvalue weighted by atomic mass is 35.5. The molecule has 1 atom stereocenters. The summed E-state index contributed by atoms with van der Waals surface area (Å²) in [5.74, 6) is -0.886. The molecule has 6 heteroatoms. The fourth-order valence-electron chi connectivity index (χ4n) is 1.80. The molecular weight excluding hydrogens is 266 g/mol. The van der Waals surface area contributed by atoms with E-state index in [1.807, 2.05) is 0 Å². The summed E-state index contributed by atoms with van der Waals surface area (Å²) in [5, 5.41) is 0.355.